The predicted molar refractivity (Wildman–Crippen MR) is 76.9 cm³/mol. The Hall–Kier alpha value is 0.1000. The van der Waals surface area contributed by atoms with E-state index in [-0.39, 0.29) is 6.10 Å². The van der Waals surface area contributed by atoms with Crippen molar-refractivity contribution < 1.29 is 5.11 Å². The number of aliphatic hydroxyl groups is 1. The average molecular weight is 363 g/mol. The van der Waals surface area contributed by atoms with E-state index in [2.05, 4.69) is 55.4 Å². The molecule has 2 nitrogen and oxygen atoms in total. The van der Waals surface area contributed by atoms with Crippen LogP contribution in [0.2, 0.25) is 0 Å². The summed E-state index contributed by atoms with van der Waals surface area (Å²) in [6, 6.07) is 6.88. The van der Waals surface area contributed by atoms with Gasteiger partial charge in [-0.25, -0.2) is 0 Å². The van der Waals surface area contributed by atoms with Crippen molar-refractivity contribution in [3.8, 4) is 0 Å². The first-order chi connectivity index (χ1) is 8.15. The molecule has 1 aromatic rings. The summed E-state index contributed by atoms with van der Waals surface area (Å²) in [5, 5.41) is 13.0. The van der Waals surface area contributed by atoms with Gasteiger partial charge in [0.1, 0.15) is 0 Å². The van der Waals surface area contributed by atoms with E-state index in [0.29, 0.717) is 6.04 Å². The van der Waals surface area contributed by atoms with Gasteiger partial charge >= 0.3 is 0 Å². The molecular weight excluding hydrogens is 346 g/mol. The molecule has 0 saturated heterocycles. The smallest absolute Gasteiger partial charge is 0.0541 e. The topological polar surface area (TPSA) is 32.3 Å². The molecule has 1 aromatic carbocycles. The van der Waals surface area contributed by atoms with Crippen LogP contribution in [0, 0.1) is 0 Å². The molecule has 17 heavy (non-hydrogen) atoms. The number of rotatable bonds is 3. The highest BCUT2D eigenvalue weighted by Crippen LogP contribution is 2.24. The lowest BCUT2D eigenvalue weighted by molar-refractivity contribution is 0.116. The standard InChI is InChI=1S/C13H17Br2NO/c14-12-6-1-9(7-13(12)15)8-16-10-2-4-11(17)5-3-10/h1,6-7,10-11,16-17H,2-5,8H2. The number of nitrogens with one attached hydrogen (secondary N) is 1. The maximum Gasteiger partial charge on any atom is 0.0541 e. The van der Waals surface area contributed by atoms with E-state index in [1.54, 1.807) is 0 Å². The first-order valence-electron chi connectivity index (χ1n) is 6.00. The quantitative estimate of drug-likeness (QED) is 0.860. The van der Waals surface area contributed by atoms with Crippen LogP contribution in [0.15, 0.2) is 27.1 Å². The fourth-order valence-electron chi connectivity index (χ4n) is 2.19. The molecule has 94 valence electrons. The summed E-state index contributed by atoms with van der Waals surface area (Å²) in [5.41, 5.74) is 1.28. The molecule has 4 heteroatoms. The summed E-state index contributed by atoms with van der Waals surface area (Å²) in [5.74, 6) is 0. The Morgan fingerprint density at radius 3 is 2.47 bits per heavy atom. The SMILES string of the molecule is OC1CCC(NCc2ccc(Br)c(Br)c2)CC1. The van der Waals surface area contributed by atoms with Gasteiger partial charge in [0.05, 0.1) is 6.10 Å². The minimum atomic E-state index is -0.0742. The minimum absolute atomic E-state index is 0.0742. The van der Waals surface area contributed by atoms with Crippen LogP contribution in [-0.4, -0.2) is 17.3 Å². The summed E-state index contributed by atoms with van der Waals surface area (Å²) in [6.45, 7) is 0.895. The summed E-state index contributed by atoms with van der Waals surface area (Å²) < 4.78 is 2.18. The molecule has 0 atom stereocenters. The normalized spacial score (nSPS) is 24.9. The van der Waals surface area contributed by atoms with Crippen molar-refractivity contribution in [2.45, 2.75) is 44.4 Å². The lowest BCUT2D eigenvalue weighted by Crippen LogP contribution is -2.34. The van der Waals surface area contributed by atoms with E-state index in [4.69, 9.17) is 0 Å². The second-order valence-electron chi connectivity index (χ2n) is 4.63. The van der Waals surface area contributed by atoms with Gasteiger partial charge in [0, 0.05) is 21.5 Å². The summed E-state index contributed by atoms with van der Waals surface area (Å²) in [6.07, 6.45) is 3.95. The zero-order valence-electron chi connectivity index (χ0n) is 9.63. The van der Waals surface area contributed by atoms with Gasteiger partial charge in [-0.1, -0.05) is 6.07 Å². The van der Waals surface area contributed by atoms with E-state index in [9.17, 15) is 5.11 Å². The highest BCUT2D eigenvalue weighted by Gasteiger charge is 2.18. The average Bonchev–Trinajstić information content (AvgIpc) is 2.33. The van der Waals surface area contributed by atoms with Gasteiger partial charge in [-0.2, -0.15) is 0 Å². The molecule has 2 N–H and O–H groups in total. The lowest BCUT2D eigenvalue weighted by atomic mass is 9.93. The fourth-order valence-corrected chi connectivity index (χ4v) is 2.86. The molecular formula is C13H17Br2NO. The predicted octanol–water partition coefficient (Wildman–Crippen LogP) is 3.60. The molecule has 0 bridgehead atoms. The van der Waals surface area contributed by atoms with Gasteiger partial charge in [-0.05, 0) is 75.2 Å². The molecule has 1 saturated carbocycles. The Kier molecular flexibility index (Phi) is 5.03. The third kappa shape index (κ3) is 4.05. The zero-order chi connectivity index (χ0) is 12.3. The molecule has 1 aliphatic rings. The Labute approximate surface area is 119 Å². The first-order valence-corrected chi connectivity index (χ1v) is 7.59. The molecule has 1 fully saturated rings. The second-order valence-corrected chi connectivity index (χ2v) is 6.34. The molecule has 0 aromatic heterocycles. The summed E-state index contributed by atoms with van der Waals surface area (Å²) in [4.78, 5) is 0. The maximum atomic E-state index is 9.44. The molecule has 0 spiro atoms. The summed E-state index contributed by atoms with van der Waals surface area (Å²) in [7, 11) is 0. The molecule has 0 aliphatic heterocycles. The van der Waals surface area contributed by atoms with Gasteiger partial charge in [0.15, 0.2) is 0 Å². The van der Waals surface area contributed by atoms with Gasteiger partial charge in [-0.3, -0.25) is 0 Å². The van der Waals surface area contributed by atoms with E-state index in [0.717, 1.165) is 41.2 Å². The third-order valence-electron chi connectivity index (χ3n) is 3.28. The highest BCUT2D eigenvalue weighted by molar-refractivity contribution is 9.13. The number of aliphatic hydroxyl groups excluding tert-OH is 1. The zero-order valence-corrected chi connectivity index (χ0v) is 12.8. The van der Waals surface area contributed by atoms with E-state index in [1.165, 1.54) is 5.56 Å². The largest absolute Gasteiger partial charge is 0.393 e. The molecule has 0 radical (unpaired) electrons. The highest BCUT2D eigenvalue weighted by atomic mass is 79.9. The Morgan fingerprint density at radius 2 is 1.82 bits per heavy atom. The Balaban J connectivity index is 1.83. The number of hydrogen-bond donors (Lipinski definition) is 2. The molecule has 0 heterocycles. The second kappa shape index (κ2) is 6.32. The monoisotopic (exact) mass is 361 g/mol. The molecule has 0 amide bonds. The van der Waals surface area contributed by atoms with E-state index < -0.39 is 0 Å². The van der Waals surface area contributed by atoms with Crippen LogP contribution >= 0.6 is 31.9 Å². The number of halogens is 2. The van der Waals surface area contributed by atoms with Crippen LogP contribution in [0.1, 0.15) is 31.2 Å². The number of benzene rings is 1. The van der Waals surface area contributed by atoms with Crippen molar-refractivity contribution in [2.24, 2.45) is 0 Å². The van der Waals surface area contributed by atoms with Crippen LogP contribution in [-0.2, 0) is 6.54 Å². The van der Waals surface area contributed by atoms with Crippen LogP contribution in [0.25, 0.3) is 0 Å². The van der Waals surface area contributed by atoms with Crippen molar-refractivity contribution in [3.05, 3.63) is 32.7 Å². The Bertz CT molecular complexity index is 376. The first kappa shape index (κ1) is 13.5. The maximum absolute atomic E-state index is 9.44. The minimum Gasteiger partial charge on any atom is -0.393 e. The van der Waals surface area contributed by atoms with E-state index >= 15 is 0 Å². The molecule has 2 rings (SSSR count). The van der Waals surface area contributed by atoms with Crippen LogP contribution in [0.3, 0.4) is 0 Å². The van der Waals surface area contributed by atoms with Crippen molar-refractivity contribution in [2.75, 3.05) is 0 Å². The lowest BCUT2D eigenvalue weighted by Gasteiger charge is -2.26. The van der Waals surface area contributed by atoms with Crippen molar-refractivity contribution >= 4 is 31.9 Å². The number of hydrogen-bond acceptors (Lipinski definition) is 2. The molecule has 1 aliphatic carbocycles. The van der Waals surface area contributed by atoms with E-state index in [1.807, 2.05) is 0 Å². The Morgan fingerprint density at radius 1 is 1.12 bits per heavy atom. The van der Waals surface area contributed by atoms with Gasteiger partial charge in [0.25, 0.3) is 0 Å². The van der Waals surface area contributed by atoms with Gasteiger partial charge in [0.2, 0.25) is 0 Å². The third-order valence-corrected chi connectivity index (χ3v) is 5.16. The summed E-state index contributed by atoms with van der Waals surface area (Å²) >= 11 is 6.98. The van der Waals surface area contributed by atoms with Crippen LogP contribution in [0.4, 0.5) is 0 Å². The van der Waals surface area contributed by atoms with Gasteiger partial charge in [-0.15, -0.1) is 0 Å². The molecule has 0 unspecified atom stereocenters. The fraction of sp³-hybridized carbons (Fsp3) is 0.538. The van der Waals surface area contributed by atoms with Crippen molar-refractivity contribution in [1.82, 2.24) is 5.32 Å². The van der Waals surface area contributed by atoms with Crippen molar-refractivity contribution in [1.29, 1.82) is 0 Å². The van der Waals surface area contributed by atoms with Crippen molar-refractivity contribution in [3.63, 3.8) is 0 Å². The van der Waals surface area contributed by atoms with Crippen LogP contribution < -0.4 is 5.32 Å². The van der Waals surface area contributed by atoms with Crippen LogP contribution in [0.5, 0.6) is 0 Å². The van der Waals surface area contributed by atoms with Gasteiger partial charge < -0.3 is 10.4 Å².